The minimum atomic E-state index is -0.900. The van der Waals surface area contributed by atoms with Gasteiger partial charge in [-0.3, -0.25) is 19.2 Å². The van der Waals surface area contributed by atoms with Crippen LogP contribution in [0.2, 0.25) is 0 Å². The van der Waals surface area contributed by atoms with E-state index >= 15 is 0 Å². The van der Waals surface area contributed by atoms with Crippen LogP contribution in [0.4, 0.5) is 0 Å². The lowest BCUT2D eigenvalue weighted by molar-refractivity contribution is -0.135. The van der Waals surface area contributed by atoms with Gasteiger partial charge in [0.05, 0.1) is 12.1 Å². The summed E-state index contributed by atoms with van der Waals surface area (Å²) < 4.78 is 5.87. The van der Waals surface area contributed by atoms with Gasteiger partial charge < -0.3 is 25.6 Å². The second kappa shape index (κ2) is 12.4. The number of carbonyl (C=O) groups excluding carboxylic acids is 4. The van der Waals surface area contributed by atoms with Crippen molar-refractivity contribution in [2.45, 2.75) is 56.7 Å². The number of nitrogens with zero attached hydrogens (tertiary/aromatic N) is 1. The molecule has 1 aliphatic carbocycles. The van der Waals surface area contributed by atoms with E-state index in [0.29, 0.717) is 17.7 Å². The zero-order valence-corrected chi connectivity index (χ0v) is 21.1. The molecule has 2 aromatic rings. The zero-order chi connectivity index (χ0) is 26.2. The van der Waals surface area contributed by atoms with Crippen LogP contribution < -0.4 is 20.7 Å². The molecule has 2 aromatic carbocycles. The molecule has 0 bridgehead atoms. The van der Waals surface area contributed by atoms with Crippen LogP contribution in [0.5, 0.6) is 5.75 Å². The van der Waals surface area contributed by atoms with Crippen molar-refractivity contribution in [1.82, 2.24) is 20.9 Å². The van der Waals surface area contributed by atoms with E-state index in [4.69, 9.17) is 4.74 Å². The number of ether oxygens (including phenoxy) is 1. The van der Waals surface area contributed by atoms with Gasteiger partial charge in [-0.2, -0.15) is 0 Å². The summed E-state index contributed by atoms with van der Waals surface area (Å²) >= 11 is 0. The number of fused-ring (bicyclic) bond motifs is 1. The van der Waals surface area contributed by atoms with E-state index in [-0.39, 0.29) is 49.8 Å². The summed E-state index contributed by atoms with van der Waals surface area (Å²) in [5.41, 5.74) is 1.21. The molecule has 0 radical (unpaired) electrons. The van der Waals surface area contributed by atoms with Crippen molar-refractivity contribution in [2.24, 2.45) is 0 Å². The van der Waals surface area contributed by atoms with Crippen molar-refractivity contribution >= 4 is 23.6 Å². The average Bonchev–Trinajstić information content (AvgIpc) is 2.88. The van der Waals surface area contributed by atoms with Crippen LogP contribution >= 0.6 is 0 Å². The van der Waals surface area contributed by atoms with Gasteiger partial charge in [0.15, 0.2) is 0 Å². The topological polar surface area (TPSA) is 117 Å². The Morgan fingerprint density at radius 3 is 2.46 bits per heavy atom. The van der Waals surface area contributed by atoms with Gasteiger partial charge in [-0.25, -0.2) is 0 Å². The number of carbonyl (C=O) groups is 4. The summed E-state index contributed by atoms with van der Waals surface area (Å²) in [5, 5.41) is 8.61. The molecule has 1 aliphatic heterocycles. The molecule has 4 amide bonds. The lowest BCUT2D eigenvalue weighted by Crippen LogP contribution is -2.52. The maximum absolute atomic E-state index is 13.3. The number of rotatable bonds is 4. The average molecular weight is 507 g/mol. The lowest BCUT2D eigenvalue weighted by atomic mass is 9.92. The van der Waals surface area contributed by atoms with E-state index in [9.17, 15) is 19.2 Å². The number of hydrogen-bond donors (Lipinski definition) is 3. The molecule has 0 spiro atoms. The largest absolute Gasteiger partial charge is 0.491 e. The summed E-state index contributed by atoms with van der Waals surface area (Å²) in [5.74, 6) is -0.998. The molecular formula is C28H34N4O5. The Balaban J connectivity index is 1.57. The Hall–Kier alpha value is -3.88. The van der Waals surface area contributed by atoms with E-state index in [1.54, 1.807) is 31.3 Å². The molecule has 1 saturated carbocycles. The van der Waals surface area contributed by atoms with E-state index in [1.165, 1.54) is 4.90 Å². The zero-order valence-electron chi connectivity index (χ0n) is 21.1. The van der Waals surface area contributed by atoms with Crippen molar-refractivity contribution in [1.29, 1.82) is 0 Å². The minimum absolute atomic E-state index is 0.0243. The molecule has 1 fully saturated rings. The van der Waals surface area contributed by atoms with Crippen molar-refractivity contribution in [3.63, 3.8) is 0 Å². The number of likely N-dealkylation sites (N-methyl/N-ethyl adjacent to an activating group) is 1. The summed E-state index contributed by atoms with van der Waals surface area (Å²) in [4.78, 5) is 53.9. The van der Waals surface area contributed by atoms with E-state index in [2.05, 4.69) is 16.0 Å². The highest BCUT2D eigenvalue weighted by molar-refractivity contribution is 6.00. The number of amides is 4. The molecule has 2 aliphatic rings. The number of nitrogens with one attached hydrogen (secondary N) is 3. The molecule has 0 saturated heterocycles. The summed E-state index contributed by atoms with van der Waals surface area (Å²) in [6.07, 6.45) is 3.27. The molecule has 3 N–H and O–H groups in total. The van der Waals surface area contributed by atoms with Crippen LogP contribution in [-0.4, -0.2) is 66.9 Å². The maximum atomic E-state index is 13.3. The van der Waals surface area contributed by atoms with Crippen molar-refractivity contribution in [3.05, 3.63) is 65.7 Å². The fourth-order valence-corrected chi connectivity index (χ4v) is 4.40. The van der Waals surface area contributed by atoms with Crippen LogP contribution in [-0.2, 0) is 20.8 Å². The van der Waals surface area contributed by atoms with Gasteiger partial charge in [0, 0.05) is 25.9 Å². The highest BCUT2D eigenvalue weighted by Crippen LogP contribution is 2.20. The molecule has 2 atom stereocenters. The number of para-hydroxylation sites is 1. The highest BCUT2D eigenvalue weighted by Gasteiger charge is 2.29. The second-order valence-corrected chi connectivity index (χ2v) is 9.62. The first-order valence-corrected chi connectivity index (χ1v) is 12.8. The van der Waals surface area contributed by atoms with E-state index in [1.807, 2.05) is 30.3 Å². The molecule has 9 nitrogen and oxygen atoms in total. The van der Waals surface area contributed by atoms with Gasteiger partial charge in [0.2, 0.25) is 17.7 Å². The SMILES string of the molecule is CN1CCOc2ccccc2C(=O)N[C@H](C(=O)NC2CCC2)CCC(=O)N[C@@H](Cc2ccccc2)C1=O. The van der Waals surface area contributed by atoms with Crippen LogP contribution in [0.1, 0.15) is 48.0 Å². The normalized spacial score (nSPS) is 21.8. The van der Waals surface area contributed by atoms with Gasteiger partial charge in [-0.1, -0.05) is 42.5 Å². The fourth-order valence-electron chi connectivity index (χ4n) is 4.40. The van der Waals surface area contributed by atoms with Gasteiger partial charge in [-0.05, 0) is 43.4 Å². The maximum Gasteiger partial charge on any atom is 0.255 e. The Labute approximate surface area is 216 Å². The molecule has 196 valence electrons. The van der Waals surface area contributed by atoms with Gasteiger partial charge in [0.1, 0.15) is 24.4 Å². The molecule has 0 aromatic heterocycles. The number of hydrogen-bond acceptors (Lipinski definition) is 5. The molecule has 4 rings (SSSR count). The summed E-state index contributed by atoms with van der Waals surface area (Å²) in [6, 6.07) is 14.7. The second-order valence-electron chi connectivity index (χ2n) is 9.62. The first-order valence-electron chi connectivity index (χ1n) is 12.8. The van der Waals surface area contributed by atoms with Crippen LogP contribution in [0, 0.1) is 0 Å². The minimum Gasteiger partial charge on any atom is -0.491 e. The van der Waals surface area contributed by atoms with Crippen LogP contribution in [0.3, 0.4) is 0 Å². The Morgan fingerprint density at radius 1 is 1.00 bits per heavy atom. The smallest absolute Gasteiger partial charge is 0.255 e. The first-order chi connectivity index (χ1) is 17.9. The van der Waals surface area contributed by atoms with Crippen LogP contribution in [0.15, 0.2) is 54.6 Å². The summed E-state index contributed by atoms with van der Waals surface area (Å²) in [7, 11) is 1.66. The van der Waals surface area contributed by atoms with Gasteiger partial charge >= 0.3 is 0 Å². The molecule has 1 heterocycles. The predicted molar refractivity (Wildman–Crippen MR) is 138 cm³/mol. The third-order valence-corrected chi connectivity index (χ3v) is 6.84. The monoisotopic (exact) mass is 506 g/mol. The number of benzene rings is 2. The third kappa shape index (κ3) is 7.09. The first kappa shape index (κ1) is 26.2. The van der Waals surface area contributed by atoms with Crippen molar-refractivity contribution in [2.75, 3.05) is 20.2 Å². The quantitative estimate of drug-likeness (QED) is 0.585. The van der Waals surface area contributed by atoms with E-state index in [0.717, 1.165) is 24.8 Å². The molecule has 0 unspecified atom stereocenters. The Kier molecular flexibility index (Phi) is 8.77. The van der Waals surface area contributed by atoms with Gasteiger partial charge in [0.25, 0.3) is 5.91 Å². The summed E-state index contributed by atoms with van der Waals surface area (Å²) in [6.45, 7) is 0.423. The van der Waals surface area contributed by atoms with Crippen molar-refractivity contribution < 1.29 is 23.9 Å². The fraction of sp³-hybridized carbons (Fsp3) is 0.429. The van der Waals surface area contributed by atoms with Crippen LogP contribution in [0.25, 0.3) is 0 Å². The molecule has 37 heavy (non-hydrogen) atoms. The lowest BCUT2D eigenvalue weighted by Gasteiger charge is -2.29. The predicted octanol–water partition coefficient (Wildman–Crippen LogP) is 1.81. The van der Waals surface area contributed by atoms with E-state index < -0.39 is 18.0 Å². The van der Waals surface area contributed by atoms with Gasteiger partial charge in [-0.15, -0.1) is 0 Å². The van der Waals surface area contributed by atoms with Crippen molar-refractivity contribution in [3.8, 4) is 5.75 Å². The Bertz CT molecular complexity index is 1120. The molecule has 9 heteroatoms. The third-order valence-electron chi connectivity index (χ3n) is 6.84. The molecular weight excluding hydrogens is 472 g/mol. The highest BCUT2D eigenvalue weighted by atomic mass is 16.5. The standard InChI is InChI=1S/C28H34N4O5/c1-32-16-17-37-24-13-6-5-12-21(24)26(34)31-22(27(35)29-20-10-7-11-20)14-15-25(33)30-23(28(32)36)18-19-8-3-2-4-9-19/h2-6,8-9,12-13,20,22-23H,7,10-11,14-18H2,1H3,(H,29,35)(H,30,33)(H,31,34)/t22-,23-/m0/s1. The Morgan fingerprint density at radius 2 is 1.73 bits per heavy atom.